The van der Waals surface area contributed by atoms with Crippen LogP contribution in [0.4, 0.5) is 0 Å². The summed E-state index contributed by atoms with van der Waals surface area (Å²) in [6.45, 7) is 1.78. The van der Waals surface area contributed by atoms with E-state index in [9.17, 15) is 0 Å². The van der Waals surface area contributed by atoms with E-state index in [1.165, 1.54) is 0 Å². The summed E-state index contributed by atoms with van der Waals surface area (Å²) in [5.41, 5.74) is 1.39. The molecule has 0 amide bonds. The Morgan fingerprint density at radius 3 is 2.76 bits per heavy atom. The molecule has 1 heterocycles. The topological polar surface area (TPSA) is 49.8 Å². The zero-order valence-corrected chi connectivity index (χ0v) is 10.5. The molecule has 5 heteroatoms. The molecule has 1 aromatic heterocycles. The molecule has 1 aromatic carbocycles. The first kappa shape index (κ1) is 12.0. The lowest BCUT2D eigenvalue weighted by molar-refractivity contribution is 0.540. The lowest BCUT2D eigenvalue weighted by Crippen LogP contribution is -1.84. The molecular weight excluding hydrogens is 259 g/mol. The van der Waals surface area contributed by atoms with Crippen LogP contribution in [0, 0.1) is 18.3 Å². The number of nitriles is 1. The van der Waals surface area contributed by atoms with E-state index in [1.54, 1.807) is 25.1 Å². The van der Waals surface area contributed by atoms with Crippen LogP contribution < -0.4 is 0 Å². The van der Waals surface area contributed by atoms with Crippen molar-refractivity contribution in [1.29, 1.82) is 5.26 Å². The van der Waals surface area contributed by atoms with Gasteiger partial charge in [-0.1, -0.05) is 23.2 Å². The SMILES string of the molecule is Cc1oc(-c2ccc(Cl)c(Cl)c2)nc1CC#N. The fourth-order valence-corrected chi connectivity index (χ4v) is 1.72. The number of nitrogens with zero attached hydrogens (tertiary/aromatic N) is 2. The highest BCUT2D eigenvalue weighted by Gasteiger charge is 2.12. The second-order valence-electron chi connectivity index (χ2n) is 3.49. The maximum Gasteiger partial charge on any atom is 0.226 e. The van der Waals surface area contributed by atoms with Crippen LogP contribution in [-0.4, -0.2) is 4.98 Å². The molecular formula is C12H8Cl2N2O. The predicted molar refractivity (Wildman–Crippen MR) is 66.0 cm³/mol. The van der Waals surface area contributed by atoms with Crippen LogP contribution in [0.25, 0.3) is 11.5 Å². The average Bonchev–Trinajstić information content (AvgIpc) is 2.65. The fraction of sp³-hybridized carbons (Fsp3) is 0.167. The average molecular weight is 267 g/mol. The Balaban J connectivity index is 2.43. The summed E-state index contributed by atoms with van der Waals surface area (Å²) in [5.74, 6) is 1.10. The van der Waals surface area contributed by atoms with Crippen LogP contribution in [0.15, 0.2) is 22.6 Å². The van der Waals surface area contributed by atoms with E-state index in [-0.39, 0.29) is 6.42 Å². The Morgan fingerprint density at radius 1 is 1.35 bits per heavy atom. The number of aryl methyl sites for hydroxylation is 1. The van der Waals surface area contributed by atoms with Crippen molar-refractivity contribution in [3.63, 3.8) is 0 Å². The smallest absolute Gasteiger partial charge is 0.226 e. The molecule has 0 unspecified atom stereocenters. The summed E-state index contributed by atoms with van der Waals surface area (Å²) in [7, 11) is 0. The Kier molecular flexibility index (Phi) is 3.37. The normalized spacial score (nSPS) is 10.2. The van der Waals surface area contributed by atoms with Crippen molar-refractivity contribution in [1.82, 2.24) is 4.98 Å². The summed E-state index contributed by atoms with van der Waals surface area (Å²) < 4.78 is 5.48. The van der Waals surface area contributed by atoms with Gasteiger partial charge in [0.05, 0.1) is 28.2 Å². The van der Waals surface area contributed by atoms with Gasteiger partial charge in [-0.15, -0.1) is 0 Å². The summed E-state index contributed by atoms with van der Waals surface area (Å²) in [6.07, 6.45) is 0.233. The first-order valence-corrected chi connectivity index (χ1v) is 5.66. The van der Waals surface area contributed by atoms with Gasteiger partial charge in [0, 0.05) is 5.56 Å². The van der Waals surface area contributed by atoms with Crippen molar-refractivity contribution in [3.05, 3.63) is 39.7 Å². The molecule has 3 nitrogen and oxygen atoms in total. The van der Waals surface area contributed by atoms with Gasteiger partial charge in [0.2, 0.25) is 5.89 Å². The third-order valence-corrected chi connectivity index (χ3v) is 3.04. The summed E-state index contributed by atoms with van der Waals surface area (Å²) >= 11 is 11.7. The van der Waals surface area contributed by atoms with Gasteiger partial charge >= 0.3 is 0 Å². The molecule has 0 bridgehead atoms. The van der Waals surface area contributed by atoms with E-state index in [0.717, 1.165) is 5.56 Å². The molecule has 17 heavy (non-hydrogen) atoms. The van der Waals surface area contributed by atoms with Crippen LogP contribution >= 0.6 is 23.2 Å². The van der Waals surface area contributed by atoms with E-state index in [4.69, 9.17) is 32.9 Å². The molecule has 0 aliphatic carbocycles. The van der Waals surface area contributed by atoms with Crippen molar-refractivity contribution in [2.24, 2.45) is 0 Å². The monoisotopic (exact) mass is 266 g/mol. The minimum absolute atomic E-state index is 0.233. The molecule has 0 spiro atoms. The Labute approximate surface area is 109 Å². The maximum absolute atomic E-state index is 8.63. The number of aromatic nitrogens is 1. The molecule has 0 aliphatic rings. The van der Waals surface area contributed by atoms with E-state index in [2.05, 4.69) is 4.98 Å². The maximum atomic E-state index is 8.63. The predicted octanol–water partition coefficient (Wildman–Crippen LogP) is 4.02. The van der Waals surface area contributed by atoms with Gasteiger partial charge in [0.15, 0.2) is 0 Å². The van der Waals surface area contributed by atoms with Crippen LogP contribution in [0.5, 0.6) is 0 Å². The molecule has 0 saturated heterocycles. The molecule has 0 aliphatic heterocycles. The van der Waals surface area contributed by atoms with Crippen molar-refractivity contribution in [2.75, 3.05) is 0 Å². The minimum atomic E-state index is 0.233. The lowest BCUT2D eigenvalue weighted by Gasteiger charge is -1.98. The highest BCUT2D eigenvalue weighted by atomic mass is 35.5. The molecule has 0 atom stereocenters. The van der Waals surface area contributed by atoms with Gasteiger partial charge in [0.25, 0.3) is 0 Å². The van der Waals surface area contributed by atoms with E-state index in [0.29, 0.717) is 27.4 Å². The molecule has 86 valence electrons. The van der Waals surface area contributed by atoms with Gasteiger partial charge in [-0.2, -0.15) is 5.26 Å². The number of benzene rings is 1. The first-order chi connectivity index (χ1) is 8.11. The second-order valence-corrected chi connectivity index (χ2v) is 4.30. The van der Waals surface area contributed by atoms with E-state index >= 15 is 0 Å². The highest BCUT2D eigenvalue weighted by Crippen LogP contribution is 2.29. The Morgan fingerprint density at radius 2 is 2.12 bits per heavy atom. The molecule has 0 radical (unpaired) electrons. The van der Waals surface area contributed by atoms with Gasteiger partial charge in [0.1, 0.15) is 5.76 Å². The van der Waals surface area contributed by atoms with Crippen LogP contribution in [0.2, 0.25) is 10.0 Å². The Bertz CT molecular complexity index is 599. The third kappa shape index (κ3) is 2.44. The summed E-state index contributed by atoms with van der Waals surface area (Å²) in [5, 5.41) is 9.56. The zero-order chi connectivity index (χ0) is 12.4. The van der Waals surface area contributed by atoms with Crippen LogP contribution in [-0.2, 0) is 6.42 Å². The van der Waals surface area contributed by atoms with Crippen molar-refractivity contribution in [2.45, 2.75) is 13.3 Å². The molecule has 0 saturated carbocycles. The lowest BCUT2D eigenvalue weighted by atomic mass is 10.2. The number of oxazole rings is 1. The second kappa shape index (κ2) is 4.79. The summed E-state index contributed by atoms with van der Waals surface area (Å²) in [4.78, 5) is 4.25. The molecule has 2 rings (SSSR count). The number of halogens is 2. The molecule has 0 N–H and O–H groups in total. The van der Waals surface area contributed by atoms with E-state index < -0.39 is 0 Å². The number of hydrogen-bond acceptors (Lipinski definition) is 3. The third-order valence-electron chi connectivity index (χ3n) is 2.31. The quantitative estimate of drug-likeness (QED) is 0.825. The van der Waals surface area contributed by atoms with E-state index in [1.807, 2.05) is 6.07 Å². The zero-order valence-electron chi connectivity index (χ0n) is 9.00. The van der Waals surface area contributed by atoms with Gasteiger partial charge in [-0.25, -0.2) is 4.98 Å². The summed E-state index contributed by atoms with van der Waals surface area (Å²) in [6, 6.07) is 7.18. The van der Waals surface area contributed by atoms with Crippen molar-refractivity contribution >= 4 is 23.2 Å². The first-order valence-electron chi connectivity index (χ1n) is 4.90. The number of rotatable bonds is 2. The van der Waals surface area contributed by atoms with Gasteiger partial charge in [-0.3, -0.25) is 0 Å². The van der Waals surface area contributed by atoms with Crippen molar-refractivity contribution < 1.29 is 4.42 Å². The standard InChI is InChI=1S/C12H8Cl2N2O/c1-7-11(4-5-15)16-12(17-7)8-2-3-9(13)10(14)6-8/h2-3,6H,4H2,1H3. The Hall–Kier alpha value is -1.50. The number of hydrogen-bond donors (Lipinski definition) is 0. The fourth-order valence-electron chi connectivity index (χ4n) is 1.42. The van der Waals surface area contributed by atoms with Crippen LogP contribution in [0.3, 0.4) is 0 Å². The molecule has 0 fully saturated rings. The van der Waals surface area contributed by atoms with Gasteiger partial charge in [-0.05, 0) is 25.1 Å². The highest BCUT2D eigenvalue weighted by molar-refractivity contribution is 6.42. The largest absolute Gasteiger partial charge is 0.441 e. The van der Waals surface area contributed by atoms with Gasteiger partial charge < -0.3 is 4.42 Å². The van der Waals surface area contributed by atoms with Crippen LogP contribution in [0.1, 0.15) is 11.5 Å². The minimum Gasteiger partial charge on any atom is -0.441 e. The van der Waals surface area contributed by atoms with Crippen molar-refractivity contribution in [3.8, 4) is 17.5 Å². The molecule has 2 aromatic rings.